The molecule has 0 spiro atoms. The molecule has 0 amide bonds. The van der Waals surface area contributed by atoms with Crippen molar-refractivity contribution in [2.24, 2.45) is 0 Å². The average molecular weight is 431 g/mol. The molecular formula is C24H19BrN2O. The summed E-state index contributed by atoms with van der Waals surface area (Å²) < 4.78 is 2.80. The van der Waals surface area contributed by atoms with Crippen molar-refractivity contribution < 1.29 is 0 Å². The highest BCUT2D eigenvalue weighted by atomic mass is 79.9. The Morgan fingerprint density at radius 3 is 2.36 bits per heavy atom. The minimum Gasteiger partial charge on any atom is -0.292 e. The summed E-state index contributed by atoms with van der Waals surface area (Å²) in [5.41, 5.74) is 2.97. The van der Waals surface area contributed by atoms with Gasteiger partial charge in [-0.15, -0.1) is 0 Å². The zero-order valence-corrected chi connectivity index (χ0v) is 16.8. The van der Waals surface area contributed by atoms with Gasteiger partial charge in [0.2, 0.25) is 0 Å². The topological polar surface area (TPSA) is 34.9 Å². The van der Waals surface area contributed by atoms with Crippen LogP contribution >= 0.6 is 15.9 Å². The van der Waals surface area contributed by atoms with E-state index in [0.717, 1.165) is 22.0 Å². The van der Waals surface area contributed by atoms with Gasteiger partial charge in [0.15, 0.2) is 0 Å². The Morgan fingerprint density at radius 1 is 0.857 bits per heavy atom. The molecular weight excluding hydrogens is 412 g/mol. The molecule has 1 aromatic heterocycles. The number of para-hydroxylation sites is 1. The monoisotopic (exact) mass is 430 g/mol. The van der Waals surface area contributed by atoms with Gasteiger partial charge in [0, 0.05) is 11.0 Å². The van der Waals surface area contributed by atoms with Crippen LogP contribution in [-0.4, -0.2) is 9.55 Å². The second-order valence-corrected chi connectivity index (χ2v) is 7.48. The van der Waals surface area contributed by atoms with Gasteiger partial charge < -0.3 is 0 Å². The fraction of sp³-hybridized carbons (Fsp3) is 0.0833. The lowest BCUT2D eigenvalue weighted by molar-refractivity contribution is 0.655. The summed E-state index contributed by atoms with van der Waals surface area (Å²) >= 11 is 3.45. The van der Waals surface area contributed by atoms with Crippen LogP contribution in [0.2, 0.25) is 0 Å². The Balaban J connectivity index is 1.74. The highest BCUT2D eigenvalue weighted by molar-refractivity contribution is 9.10. The molecule has 4 aromatic rings. The Hall–Kier alpha value is -2.98. The standard InChI is InChI=1S/C24H19BrN2O/c25-20-13-10-19(11-14-20)12-15-23-26-22-9-5-4-8-21(22)24(28)27(23)17-16-18-6-2-1-3-7-18/h1-15H,16-17H2/b15-12+. The van der Waals surface area contributed by atoms with Crippen LogP contribution in [0.1, 0.15) is 17.0 Å². The number of fused-ring (bicyclic) bond motifs is 1. The van der Waals surface area contributed by atoms with Gasteiger partial charge in [-0.1, -0.05) is 76.6 Å². The smallest absolute Gasteiger partial charge is 0.261 e. The third kappa shape index (κ3) is 4.12. The number of aromatic nitrogens is 2. The van der Waals surface area contributed by atoms with Gasteiger partial charge in [-0.3, -0.25) is 9.36 Å². The number of hydrogen-bond acceptors (Lipinski definition) is 2. The second kappa shape index (κ2) is 8.36. The predicted octanol–water partition coefficient (Wildman–Crippen LogP) is 5.57. The molecule has 28 heavy (non-hydrogen) atoms. The van der Waals surface area contributed by atoms with Crippen LogP contribution in [0, 0.1) is 0 Å². The predicted molar refractivity (Wildman–Crippen MR) is 119 cm³/mol. The lowest BCUT2D eigenvalue weighted by atomic mass is 10.1. The minimum atomic E-state index is -0.00279. The van der Waals surface area contributed by atoms with Gasteiger partial charge in [-0.25, -0.2) is 4.98 Å². The molecule has 0 aliphatic carbocycles. The van der Waals surface area contributed by atoms with Crippen LogP contribution in [0.25, 0.3) is 23.1 Å². The number of rotatable bonds is 5. The molecule has 0 bridgehead atoms. The van der Waals surface area contributed by atoms with Gasteiger partial charge in [0.1, 0.15) is 5.82 Å². The summed E-state index contributed by atoms with van der Waals surface area (Å²) in [7, 11) is 0. The number of nitrogens with zero attached hydrogens (tertiary/aromatic N) is 2. The van der Waals surface area contributed by atoms with E-state index in [1.165, 1.54) is 5.56 Å². The SMILES string of the molecule is O=c1c2ccccc2nc(/C=C/c2ccc(Br)cc2)n1CCc1ccccc1. The van der Waals surface area contributed by atoms with Crippen molar-refractivity contribution in [1.82, 2.24) is 9.55 Å². The first-order chi connectivity index (χ1) is 13.7. The van der Waals surface area contributed by atoms with E-state index in [1.807, 2.05) is 78.9 Å². The van der Waals surface area contributed by atoms with Crippen LogP contribution in [-0.2, 0) is 13.0 Å². The Morgan fingerprint density at radius 2 is 1.57 bits per heavy atom. The van der Waals surface area contributed by atoms with E-state index >= 15 is 0 Å². The maximum Gasteiger partial charge on any atom is 0.261 e. The molecule has 0 atom stereocenters. The summed E-state index contributed by atoms with van der Waals surface area (Å²) in [5, 5.41) is 0.649. The zero-order chi connectivity index (χ0) is 19.3. The summed E-state index contributed by atoms with van der Waals surface area (Å²) in [4.78, 5) is 17.9. The van der Waals surface area contributed by atoms with Crippen molar-refractivity contribution in [2.75, 3.05) is 0 Å². The van der Waals surface area contributed by atoms with E-state index in [4.69, 9.17) is 4.98 Å². The molecule has 0 aliphatic rings. The summed E-state index contributed by atoms with van der Waals surface area (Å²) in [6.45, 7) is 0.584. The van der Waals surface area contributed by atoms with Crippen molar-refractivity contribution in [3.8, 4) is 0 Å². The van der Waals surface area contributed by atoms with E-state index < -0.39 is 0 Å². The van der Waals surface area contributed by atoms with Gasteiger partial charge in [-0.2, -0.15) is 0 Å². The van der Waals surface area contributed by atoms with Crippen molar-refractivity contribution in [1.29, 1.82) is 0 Å². The van der Waals surface area contributed by atoms with Crippen LogP contribution in [0.4, 0.5) is 0 Å². The Kier molecular flexibility index (Phi) is 5.49. The van der Waals surface area contributed by atoms with E-state index in [1.54, 1.807) is 4.57 Å². The van der Waals surface area contributed by atoms with Crippen LogP contribution in [0.15, 0.2) is 88.1 Å². The van der Waals surface area contributed by atoms with Crippen LogP contribution in [0.5, 0.6) is 0 Å². The molecule has 3 aromatic carbocycles. The van der Waals surface area contributed by atoms with Crippen molar-refractivity contribution >= 4 is 39.0 Å². The van der Waals surface area contributed by atoms with E-state index in [2.05, 4.69) is 28.1 Å². The Bertz CT molecular complexity index is 1180. The largest absolute Gasteiger partial charge is 0.292 e. The molecule has 0 aliphatic heterocycles. The molecule has 3 nitrogen and oxygen atoms in total. The normalized spacial score (nSPS) is 11.3. The highest BCUT2D eigenvalue weighted by Crippen LogP contribution is 2.14. The lowest BCUT2D eigenvalue weighted by Gasteiger charge is -2.11. The number of aryl methyl sites for hydroxylation is 1. The summed E-state index contributed by atoms with van der Waals surface area (Å²) in [5.74, 6) is 0.669. The van der Waals surface area contributed by atoms with E-state index in [9.17, 15) is 4.79 Å². The number of halogens is 1. The maximum absolute atomic E-state index is 13.1. The van der Waals surface area contributed by atoms with E-state index in [-0.39, 0.29) is 5.56 Å². The van der Waals surface area contributed by atoms with Gasteiger partial charge in [0.05, 0.1) is 10.9 Å². The van der Waals surface area contributed by atoms with Gasteiger partial charge >= 0.3 is 0 Å². The third-order valence-electron chi connectivity index (χ3n) is 4.65. The molecule has 0 unspecified atom stereocenters. The molecule has 4 heteroatoms. The summed E-state index contributed by atoms with van der Waals surface area (Å²) in [6, 6.07) is 25.7. The molecule has 0 N–H and O–H groups in total. The first kappa shape index (κ1) is 18.4. The minimum absolute atomic E-state index is 0.00279. The van der Waals surface area contributed by atoms with E-state index in [0.29, 0.717) is 17.8 Å². The fourth-order valence-corrected chi connectivity index (χ4v) is 3.42. The maximum atomic E-state index is 13.1. The summed E-state index contributed by atoms with van der Waals surface area (Å²) in [6.07, 6.45) is 4.68. The fourth-order valence-electron chi connectivity index (χ4n) is 3.16. The molecule has 0 saturated carbocycles. The van der Waals surface area contributed by atoms with Crippen LogP contribution in [0.3, 0.4) is 0 Å². The van der Waals surface area contributed by atoms with Crippen molar-refractivity contribution in [3.05, 3.63) is 111 Å². The van der Waals surface area contributed by atoms with Crippen molar-refractivity contribution in [3.63, 3.8) is 0 Å². The van der Waals surface area contributed by atoms with Crippen molar-refractivity contribution in [2.45, 2.75) is 13.0 Å². The number of hydrogen-bond donors (Lipinski definition) is 0. The average Bonchev–Trinajstić information content (AvgIpc) is 2.74. The molecule has 1 heterocycles. The molecule has 0 saturated heterocycles. The Labute approximate surface area is 172 Å². The molecule has 0 radical (unpaired) electrons. The highest BCUT2D eigenvalue weighted by Gasteiger charge is 2.09. The first-order valence-electron chi connectivity index (χ1n) is 9.18. The third-order valence-corrected chi connectivity index (χ3v) is 5.18. The lowest BCUT2D eigenvalue weighted by Crippen LogP contribution is -2.24. The second-order valence-electron chi connectivity index (χ2n) is 6.56. The molecule has 4 rings (SSSR count). The molecule has 138 valence electrons. The van der Waals surface area contributed by atoms with Gasteiger partial charge in [0.25, 0.3) is 5.56 Å². The number of benzene rings is 3. The van der Waals surface area contributed by atoms with Gasteiger partial charge in [-0.05, 0) is 47.9 Å². The first-order valence-corrected chi connectivity index (χ1v) is 9.97. The molecule has 0 fully saturated rings. The zero-order valence-electron chi connectivity index (χ0n) is 15.3. The quantitative estimate of drug-likeness (QED) is 0.414. The van der Waals surface area contributed by atoms with Crippen LogP contribution < -0.4 is 5.56 Å².